The molecule has 0 saturated carbocycles. The first kappa shape index (κ1) is 16.7. The Morgan fingerprint density at radius 2 is 1.80 bits per heavy atom. The average Bonchev–Trinajstić information content (AvgIpc) is 2.47. The van der Waals surface area contributed by atoms with Gasteiger partial charge in [-0.2, -0.15) is 0 Å². The molecule has 0 bridgehead atoms. The molecule has 0 aliphatic carbocycles. The normalized spacial score (nSPS) is 10.8. The summed E-state index contributed by atoms with van der Waals surface area (Å²) in [5.41, 5.74) is 1.20. The monoisotopic (exact) mass is 279 g/mol. The number of hydrogen-bond donors (Lipinski definition) is 1. The van der Waals surface area contributed by atoms with Gasteiger partial charge < -0.3 is 19.5 Å². The Kier molecular flexibility index (Phi) is 8.71. The van der Waals surface area contributed by atoms with E-state index in [-0.39, 0.29) is 6.29 Å². The number of benzene rings is 1. The molecule has 20 heavy (non-hydrogen) atoms. The van der Waals surface area contributed by atoms with E-state index in [1.54, 1.807) is 6.08 Å². The van der Waals surface area contributed by atoms with Crippen molar-refractivity contribution in [3.63, 3.8) is 0 Å². The Bertz CT molecular complexity index is 358. The van der Waals surface area contributed by atoms with Gasteiger partial charge in [0.2, 0.25) is 0 Å². The van der Waals surface area contributed by atoms with Crippen LogP contribution in [0.15, 0.2) is 36.9 Å². The lowest BCUT2D eigenvalue weighted by atomic mass is 10.2. The van der Waals surface area contributed by atoms with Crippen LogP contribution in [0.25, 0.3) is 0 Å². The maximum atomic E-state index is 5.47. The Hall–Kier alpha value is -1.36. The second-order valence-electron chi connectivity index (χ2n) is 4.21. The highest BCUT2D eigenvalue weighted by Gasteiger charge is 2.06. The van der Waals surface area contributed by atoms with E-state index < -0.39 is 0 Å². The fourth-order valence-corrected chi connectivity index (χ4v) is 1.73. The molecule has 1 aromatic carbocycles. The molecule has 0 spiro atoms. The van der Waals surface area contributed by atoms with Gasteiger partial charge in [-0.05, 0) is 31.5 Å². The lowest BCUT2D eigenvalue weighted by molar-refractivity contribution is -0.133. The third-order valence-corrected chi connectivity index (χ3v) is 2.64. The van der Waals surface area contributed by atoms with Gasteiger partial charge >= 0.3 is 0 Å². The van der Waals surface area contributed by atoms with Crippen molar-refractivity contribution < 1.29 is 14.2 Å². The van der Waals surface area contributed by atoms with Crippen LogP contribution >= 0.6 is 0 Å². The van der Waals surface area contributed by atoms with E-state index in [0.717, 1.165) is 12.3 Å². The lowest BCUT2D eigenvalue weighted by Gasteiger charge is -2.17. The molecule has 112 valence electrons. The standard InChI is InChI=1S/C16H25NO3/c1-4-11-20-15-9-7-14(8-10-15)12-17-13-16(18-5-2)19-6-3/h4,7-10,16-17H,1,5-6,11-13H2,2-3H3. The molecule has 0 atom stereocenters. The zero-order valence-corrected chi connectivity index (χ0v) is 12.4. The van der Waals surface area contributed by atoms with Crippen molar-refractivity contribution in [2.75, 3.05) is 26.4 Å². The van der Waals surface area contributed by atoms with Crippen LogP contribution in [-0.2, 0) is 16.0 Å². The smallest absolute Gasteiger partial charge is 0.169 e. The van der Waals surface area contributed by atoms with Gasteiger partial charge in [0, 0.05) is 26.3 Å². The molecule has 0 heterocycles. The Morgan fingerprint density at radius 3 is 2.35 bits per heavy atom. The van der Waals surface area contributed by atoms with E-state index in [9.17, 15) is 0 Å². The van der Waals surface area contributed by atoms with E-state index in [4.69, 9.17) is 14.2 Å². The largest absolute Gasteiger partial charge is 0.490 e. The van der Waals surface area contributed by atoms with Gasteiger partial charge in [-0.15, -0.1) is 0 Å². The lowest BCUT2D eigenvalue weighted by Crippen LogP contribution is -2.31. The van der Waals surface area contributed by atoms with Crippen LogP contribution in [0.4, 0.5) is 0 Å². The molecule has 1 N–H and O–H groups in total. The van der Waals surface area contributed by atoms with Crippen LogP contribution in [-0.4, -0.2) is 32.7 Å². The van der Waals surface area contributed by atoms with Crippen molar-refractivity contribution in [1.82, 2.24) is 5.32 Å². The van der Waals surface area contributed by atoms with Gasteiger partial charge in [-0.25, -0.2) is 0 Å². The first-order valence-electron chi connectivity index (χ1n) is 7.06. The zero-order valence-electron chi connectivity index (χ0n) is 12.4. The van der Waals surface area contributed by atoms with Crippen LogP contribution < -0.4 is 10.1 Å². The second kappa shape index (κ2) is 10.4. The highest BCUT2D eigenvalue weighted by atomic mass is 16.7. The maximum Gasteiger partial charge on any atom is 0.169 e. The van der Waals surface area contributed by atoms with Crippen molar-refractivity contribution >= 4 is 0 Å². The molecule has 0 fully saturated rings. The van der Waals surface area contributed by atoms with E-state index in [2.05, 4.69) is 11.9 Å². The molecule has 4 heteroatoms. The summed E-state index contributed by atoms with van der Waals surface area (Å²) >= 11 is 0. The minimum Gasteiger partial charge on any atom is -0.490 e. The molecule has 4 nitrogen and oxygen atoms in total. The SMILES string of the molecule is C=CCOc1ccc(CNCC(OCC)OCC)cc1. The van der Waals surface area contributed by atoms with Crippen LogP contribution in [0.1, 0.15) is 19.4 Å². The van der Waals surface area contributed by atoms with Crippen LogP contribution in [0.2, 0.25) is 0 Å². The van der Waals surface area contributed by atoms with Crippen molar-refractivity contribution in [2.45, 2.75) is 26.7 Å². The van der Waals surface area contributed by atoms with Crippen LogP contribution in [0, 0.1) is 0 Å². The average molecular weight is 279 g/mol. The quantitative estimate of drug-likeness (QED) is 0.499. The molecular formula is C16H25NO3. The summed E-state index contributed by atoms with van der Waals surface area (Å²) in [6.07, 6.45) is 1.55. The minimum atomic E-state index is -0.180. The topological polar surface area (TPSA) is 39.7 Å². The molecule has 0 unspecified atom stereocenters. The molecule has 0 aromatic heterocycles. The minimum absolute atomic E-state index is 0.180. The summed E-state index contributed by atoms with van der Waals surface area (Å²) in [6.45, 7) is 10.8. The fourth-order valence-electron chi connectivity index (χ4n) is 1.73. The highest BCUT2D eigenvalue weighted by Crippen LogP contribution is 2.12. The van der Waals surface area contributed by atoms with Crippen molar-refractivity contribution in [1.29, 1.82) is 0 Å². The predicted octanol–water partition coefficient (Wildman–Crippen LogP) is 2.74. The summed E-state index contributed by atoms with van der Waals surface area (Å²) < 4.78 is 16.4. The third kappa shape index (κ3) is 6.70. The van der Waals surface area contributed by atoms with E-state index >= 15 is 0 Å². The third-order valence-electron chi connectivity index (χ3n) is 2.64. The van der Waals surface area contributed by atoms with Gasteiger partial charge in [-0.1, -0.05) is 24.8 Å². The van der Waals surface area contributed by atoms with E-state index in [0.29, 0.717) is 26.4 Å². The van der Waals surface area contributed by atoms with Crippen molar-refractivity contribution in [3.8, 4) is 5.75 Å². The summed E-state index contributed by atoms with van der Waals surface area (Å²) in [6, 6.07) is 8.01. The molecule has 0 aliphatic heterocycles. The first-order chi connectivity index (χ1) is 9.80. The molecule has 0 saturated heterocycles. The van der Waals surface area contributed by atoms with E-state index in [1.807, 2.05) is 38.1 Å². The summed E-state index contributed by atoms with van der Waals surface area (Å²) in [4.78, 5) is 0. The van der Waals surface area contributed by atoms with Gasteiger partial charge in [0.05, 0.1) is 0 Å². The summed E-state index contributed by atoms with van der Waals surface area (Å²) in [5, 5.41) is 3.33. The maximum absolute atomic E-state index is 5.47. The zero-order chi connectivity index (χ0) is 14.6. The van der Waals surface area contributed by atoms with Gasteiger partial charge in [-0.3, -0.25) is 0 Å². The van der Waals surface area contributed by atoms with Crippen molar-refractivity contribution in [3.05, 3.63) is 42.5 Å². The van der Waals surface area contributed by atoms with Gasteiger partial charge in [0.15, 0.2) is 6.29 Å². The Morgan fingerprint density at radius 1 is 1.15 bits per heavy atom. The van der Waals surface area contributed by atoms with Crippen LogP contribution in [0.3, 0.4) is 0 Å². The Labute approximate surface area is 121 Å². The molecule has 0 radical (unpaired) electrons. The molecule has 1 aromatic rings. The van der Waals surface area contributed by atoms with Gasteiger partial charge in [0.1, 0.15) is 12.4 Å². The van der Waals surface area contributed by atoms with Gasteiger partial charge in [0.25, 0.3) is 0 Å². The number of nitrogens with one attached hydrogen (secondary N) is 1. The molecule has 1 rings (SSSR count). The van der Waals surface area contributed by atoms with E-state index in [1.165, 1.54) is 5.56 Å². The summed E-state index contributed by atoms with van der Waals surface area (Å²) in [7, 11) is 0. The molecule has 0 amide bonds. The predicted molar refractivity (Wildman–Crippen MR) is 80.9 cm³/mol. The van der Waals surface area contributed by atoms with Crippen molar-refractivity contribution in [2.24, 2.45) is 0 Å². The molecular weight excluding hydrogens is 254 g/mol. The summed E-state index contributed by atoms with van der Waals surface area (Å²) in [5.74, 6) is 0.857. The number of ether oxygens (including phenoxy) is 3. The number of hydrogen-bond acceptors (Lipinski definition) is 4. The fraction of sp³-hybridized carbons (Fsp3) is 0.500. The highest BCUT2D eigenvalue weighted by molar-refractivity contribution is 5.27. The first-order valence-corrected chi connectivity index (χ1v) is 7.06. The number of rotatable bonds is 11. The molecule has 0 aliphatic rings. The second-order valence-corrected chi connectivity index (χ2v) is 4.21. The Balaban J connectivity index is 2.31. The van der Waals surface area contributed by atoms with Crippen LogP contribution in [0.5, 0.6) is 5.75 Å².